The molecule has 0 radical (unpaired) electrons. The number of carbonyl (C=O) groups excluding carboxylic acids is 2. The second-order valence-electron chi connectivity index (χ2n) is 6.09. The third-order valence-corrected chi connectivity index (χ3v) is 4.49. The van der Waals surface area contributed by atoms with Gasteiger partial charge in [0.05, 0.1) is 32.8 Å². The first-order valence-electron chi connectivity index (χ1n) is 8.69. The average Bonchev–Trinajstić information content (AvgIpc) is 2.62. The van der Waals surface area contributed by atoms with Crippen molar-refractivity contribution in [3.63, 3.8) is 0 Å². The molecule has 132 valence electrons. The molecule has 0 saturated carbocycles. The molecule has 1 aliphatic heterocycles. The van der Waals surface area contributed by atoms with Crippen molar-refractivity contribution in [1.82, 2.24) is 10.2 Å². The summed E-state index contributed by atoms with van der Waals surface area (Å²) in [5.41, 5.74) is 1.22. The molecule has 6 nitrogen and oxygen atoms in total. The maximum atomic E-state index is 12.3. The predicted molar refractivity (Wildman–Crippen MR) is 91.9 cm³/mol. The van der Waals surface area contributed by atoms with Crippen LogP contribution in [0.15, 0.2) is 30.3 Å². The normalized spacial score (nSPS) is 16.5. The lowest BCUT2D eigenvalue weighted by molar-refractivity contribution is -0.918. The Kier molecular flexibility index (Phi) is 7.06. The Morgan fingerprint density at radius 3 is 2.54 bits per heavy atom. The second-order valence-corrected chi connectivity index (χ2v) is 6.09. The maximum Gasteiger partial charge on any atom is 0.410 e. The van der Waals surface area contributed by atoms with E-state index in [0.29, 0.717) is 26.2 Å². The summed E-state index contributed by atoms with van der Waals surface area (Å²) >= 11 is 0. The zero-order chi connectivity index (χ0) is 17.4. The number of piperazine rings is 1. The van der Waals surface area contributed by atoms with Gasteiger partial charge < -0.3 is 15.0 Å². The van der Waals surface area contributed by atoms with E-state index in [0.717, 1.165) is 19.5 Å². The number of nitrogens with one attached hydrogen (secondary N) is 2. The monoisotopic (exact) mass is 334 g/mol. The summed E-state index contributed by atoms with van der Waals surface area (Å²) in [6.45, 7) is 7.61. The van der Waals surface area contributed by atoms with Crippen LogP contribution in [0.5, 0.6) is 0 Å². The van der Waals surface area contributed by atoms with Gasteiger partial charge in [0.25, 0.3) is 5.91 Å². The molecule has 1 aliphatic rings. The standard InChI is InChI=1S/C18H27N3O3/c1-3-24-18(23)21-13-11-20(12-14-21)15(2)17(22)19-10-9-16-7-5-4-6-8-16/h4-8,15H,3,9-14H2,1-2H3,(H,19,22)/p+1/t15-/m1/s1. The predicted octanol–water partition coefficient (Wildman–Crippen LogP) is 0.0908. The van der Waals surface area contributed by atoms with Crippen LogP contribution >= 0.6 is 0 Å². The van der Waals surface area contributed by atoms with Crippen LogP contribution in [0.2, 0.25) is 0 Å². The molecule has 1 aromatic carbocycles. The highest BCUT2D eigenvalue weighted by atomic mass is 16.6. The van der Waals surface area contributed by atoms with Crippen molar-refractivity contribution in [3.05, 3.63) is 35.9 Å². The molecule has 24 heavy (non-hydrogen) atoms. The van der Waals surface area contributed by atoms with Crippen LogP contribution in [0.1, 0.15) is 19.4 Å². The number of rotatable bonds is 6. The quantitative estimate of drug-likeness (QED) is 0.775. The summed E-state index contributed by atoms with van der Waals surface area (Å²) in [4.78, 5) is 26.9. The summed E-state index contributed by atoms with van der Waals surface area (Å²) in [7, 11) is 0. The van der Waals surface area contributed by atoms with E-state index in [1.165, 1.54) is 10.5 Å². The zero-order valence-corrected chi connectivity index (χ0v) is 14.6. The van der Waals surface area contributed by atoms with Gasteiger partial charge in [-0.05, 0) is 25.8 Å². The fourth-order valence-electron chi connectivity index (χ4n) is 2.94. The van der Waals surface area contributed by atoms with Crippen LogP contribution in [0, 0.1) is 0 Å². The van der Waals surface area contributed by atoms with Crippen molar-refractivity contribution in [3.8, 4) is 0 Å². The minimum atomic E-state index is -0.253. The third-order valence-electron chi connectivity index (χ3n) is 4.49. The summed E-state index contributed by atoms with van der Waals surface area (Å²) in [6.07, 6.45) is 0.585. The molecule has 1 atom stereocenters. The molecule has 0 bridgehead atoms. The van der Waals surface area contributed by atoms with Crippen molar-refractivity contribution in [1.29, 1.82) is 0 Å². The lowest BCUT2D eigenvalue weighted by Crippen LogP contribution is -3.19. The summed E-state index contributed by atoms with van der Waals surface area (Å²) in [5.74, 6) is 0.0746. The molecule has 6 heteroatoms. The smallest absolute Gasteiger partial charge is 0.410 e. The number of hydrogen-bond donors (Lipinski definition) is 2. The molecule has 2 N–H and O–H groups in total. The van der Waals surface area contributed by atoms with E-state index in [2.05, 4.69) is 17.4 Å². The van der Waals surface area contributed by atoms with E-state index < -0.39 is 0 Å². The SMILES string of the molecule is CCOC(=O)N1CC[NH+]([C@H](C)C(=O)NCCc2ccccc2)CC1. The first-order valence-corrected chi connectivity index (χ1v) is 8.69. The molecule has 1 heterocycles. The van der Waals surface area contributed by atoms with Gasteiger partial charge in [-0.2, -0.15) is 0 Å². The summed E-state index contributed by atoms with van der Waals surface area (Å²) in [5, 5.41) is 3.02. The van der Waals surface area contributed by atoms with Gasteiger partial charge in [0.2, 0.25) is 0 Å². The Bertz CT molecular complexity index is 528. The maximum absolute atomic E-state index is 12.3. The minimum absolute atomic E-state index is 0.0746. The molecule has 1 saturated heterocycles. The molecule has 2 rings (SSSR count). The zero-order valence-electron chi connectivity index (χ0n) is 14.6. The summed E-state index contributed by atoms with van der Waals surface area (Å²) in [6, 6.07) is 10.0. The van der Waals surface area contributed by atoms with Crippen LogP contribution in [0.3, 0.4) is 0 Å². The lowest BCUT2D eigenvalue weighted by atomic mass is 10.1. The lowest BCUT2D eigenvalue weighted by Gasteiger charge is -2.34. The molecule has 1 aromatic rings. The Labute approximate surface area is 143 Å². The van der Waals surface area contributed by atoms with Crippen LogP contribution in [0.4, 0.5) is 4.79 Å². The Morgan fingerprint density at radius 1 is 1.25 bits per heavy atom. The van der Waals surface area contributed by atoms with Gasteiger partial charge in [-0.1, -0.05) is 30.3 Å². The largest absolute Gasteiger partial charge is 0.450 e. The molecule has 0 spiro atoms. The van der Waals surface area contributed by atoms with Gasteiger partial charge in [0.1, 0.15) is 0 Å². The Morgan fingerprint density at radius 2 is 1.92 bits per heavy atom. The number of hydrogen-bond acceptors (Lipinski definition) is 3. The van der Waals surface area contributed by atoms with Crippen molar-refractivity contribution in [2.24, 2.45) is 0 Å². The number of quaternary nitrogens is 1. The molecule has 2 amide bonds. The van der Waals surface area contributed by atoms with E-state index in [1.807, 2.05) is 25.1 Å². The van der Waals surface area contributed by atoms with Crippen LogP contribution < -0.4 is 10.2 Å². The van der Waals surface area contributed by atoms with Crippen LogP contribution in [-0.4, -0.2) is 62.3 Å². The van der Waals surface area contributed by atoms with Gasteiger partial charge in [0, 0.05) is 6.54 Å². The van der Waals surface area contributed by atoms with Crippen LogP contribution in [-0.2, 0) is 16.0 Å². The van der Waals surface area contributed by atoms with Crippen molar-refractivity contribution in [2.75, 3.05) is 39.3 Å². The van der Waals surface area contributed by atoms with E-state index in [9.17, 15) is 9.59 Å². The fourth-order valence-corrected chi connectivity index (χ4v) is 2.94. The van der Waals surface area contributed by atoms with E-state index in [-0.39, 0.29) is 18.0 Å². The Hall–Kier alpha value is -2.08. The third kappa shape index (κ3) is 5.23. The van der Waals surface area contributed by atoms with Crippen molar-refractivity contribution < 1.29 is 19.2 Å². The average molecular weight is 334 g/mol. The topological polar surface area (TPSA) is 63.1 Å². The number of benzene rings is 1. The van der Waals surface area contributed by atoms with Gasteiger partial charge >= 0.3 is 6.09 Å². The van der Waals surface area contributed by atoms with E-state index in [1.54, 1.807) is 11.8 Å². The number of ether oxygens (including phenoxy) is 1. The van der Waals surface area contributed by atoms with Gasteiger partial charge in [-0.3, -0.25) is 9.69 Å². The molecular formula is C18H28N3O3+. The first kappa shape index (κ1) is 18.3. The second kappa shape index (κ2) is 9.27. The van der Waals surface area contributed by atoms with Crippen molar-refractivity contribution in [2.45, 2.75) is 26.3 Å². The highest BCUT2D eigenvalue weighted by Crippen LogP contribution is 1.98. The highest BCUT2D eigenvalue weighted by Gasteiger charge is 2.30. The molecular weight excluding hydrogens is 306 g/mol. The fraction of sp³-hybridized carbons (Fsp3) is 0.556. The summed E-state index contributed by atoms with van der Waals surface area (Å²) < 4.78 is 5.02. The first-order chi connectivity index (χ1) is 11.6. The van der Waals surface area contributed by atoms with Gasteiger partial charge in [-0.15, -0.1) is 0 Å². The molecule has 1 fully saturated rings. The van der Waals surface area contributed by atoms with Gasteiger partial charge in [0.15, 0.2) is 6.04 Å². The van der Waals surface area contributed by atoms with Crippen LogP contribution in [0.25, 0.3) is 0 Å². The number of nitrogens with zero attached hydrogens (tertiary/aromatic N) is 1. The molecule has 0 aromatic heterocycles. The Balaban J connectivity index is 1.71. The number of carbonyl (C=O) groups is 2. The molecule has 0 unspecified atom stereocenters. The van der Waals surface area contributed by atoms with E-state index >= 15 is 0 Å². The minimum Gasteiger partial charge on any atom is -0.450 e. The van der Waals surface area contributed by atoms with Crippen molar-refractivity contribution >= 4 is 12.0 Å². The van der Waals surface area contributed by atoms with E-state index in [4.69, 9.17) is 4.74 Å². The van der Waals surface area contributed by atoms with Gasteiger partial charge in [-0.25, -0.2) is 4.79 Å². The highest BCUT2D eigenvalue weighted by molar-refractivity contribution is 5.79. The number of amides is 2. The molecule has 0 aliphatic carbocycles.